The van der Waals surface area contributed by atoms with Gasteiger partial charge in [-0.15, -0.1) is 0 Å². The van der Waals surface area contributed by atoms with Crippen molar-refractivity contribution in [1.29, 1.82) is 0 Å². The predicted molar refractivity (Wildman–Crippen MR) is 94.4 cm³/mol. The Labute approximate surface area is 143 Å². The highest BCUT2D eigenvalue weighted by Crippen LogP contribution is 2.16. The second-order valence-corrected chi connectivity index (χ2v) is 8.06. The summed E-state index contributed by atoms with van der Waals surface area (Å²) in [4.78, 5) is 11.4. The number of sulfone groups is 1. The fraction of sp³-hybridized carbons (Fsp3) is 0.316. The van der Waals surface area contributed by atoms with Crippen LogP contribution in [0.15, 0.2) is 60.7 Å². The van der Waals surface area contributed by atoms with Crippen molar-refractivity contribution < 1.29 is 18.3 Å². The van der Waals surface area contributed by atoms with Crippen LogP contribution in [0.5, 0.6) is 0 Å². The Morgan fingerprint density at radius 3 is 2.00 bits per heavy atom. The zero-order valence-corrected chi connectivity index (χ0v) is 14.3. The molecule has 5 heteroatoms. The van der Waals surface area contributed by atoms with Gasteiger partial charge >= 0.3 is 5.97 Å². The van der Waals surface area contributed by atoms with E-state index < -0.39 is 21.7 Å². The van der Waals surface area contributed by atoms with Gasteiger partial charge in [0.15, 0.2) is 9.84 Å². The molecule has 24 heavy (non-hydrogen) atoms. The van der Waals surface area contributed by atoms with E-state index in [1.54, 1.807) is 24.3 Å². The standard InChI is InChI=1S/C19H22O4S/c20-19(21)18(13-7-12-16-8-3-1-4-9-16)15-24(22,23)14-17-10-5-2-6-11-17/h1-6,8-11,18H,7,12-15H2,(H,20,21). The Kier molecular flexibility index (Phi) is 6.55. The summed E-state index contributed by atoms with van der Waals surface area (Å²) >= 11 is 0. The molecule has 0 heterocycles. The summed E-state index contributed by atoms with van der Waals surface area (Å²) in [6, 6.07) is 18.6. The molecular formula is C19H22O4S. The summed E-state index contributed by atoms with van der Waals surface area (Å²) in [6.45, 7) is 0. The van der Waals surface area contributed by atoms with Gasteiger partial charge in [0.2, 0.25) is 0 Å². The van der Waals surface area contributed by atoms with E-state index in [1.165, 1.54) is 0 Å². The molecule has 2 aromatic rings. The van der Waals surface area contributed by atoms with Gasteiger partial charge in [-0.2, -0.15) is 0 Å². The number of carboxylic acids is 1. The summed E-state index contributed by atoms with van der Waals surface area (Å²) in [6.07, 6.45) is 1.77. The predicted octanol–water partition coefficient (Wildman–Crippen LogP) is 3.33. The molecule has 0 radical (unpaired) electrons. The van der Waals surface area contributed by atoms with Crippen molar-refractivity contribution in [2.45, 2.75) is 25.0 Å². The first-order chi connectivity index (χ1) is 11.5. The fourth-order valence-corrected chi connectivity index (χ4v) is 4.41. The number of carbonyl (C=O) groups is 1. The fourth-order valence-electron chi connectivity index (χ4n) is 2.67. The molecule has 0 aliphatic carbocycles. The van der Waals surface area contributed by atoms with Crippen LogP contribution in [0, 0.1) is 5.92 Å². The topological polar surface area (TPSA) is 71.4 Å². The average Bonchev–Trinajstić information content (AvgIpc) is 2.55. The molecular weight excluding hydrogens is 324 g/mol. The molecule has 4 nitrogen and oxygen atoms in total. The van der Waals surface area contributed by atoms with E-state index in [1.807, 2.05) is 36.4 Å². The number of rotatable bonds is 9. The molecule has 0 bridgehead atoms. The molecule has 0 spiro atoms. The molecule has 0 aliphatic heterocycles. The van der Waals surface area contributed by atoms with Crippen LogP contribution in [0.3, 0.4) is 0 Å². The van der Waals surface area contributed by atoms with Gasteiger partial charge in [-0.05, 0) is 30.4 Å². The van der Waals surface area contributed by atoms with Gasteiger partial charge in [0.25, 0.3) is 0 Å². The zero-order chi connectivity index (χ0) is 17.4. The van der Waals surface area contributed by atoms with Gasteiger partial charge in [-0.25, -0.2) is 8.42 Å². The third kappa shape index (κ3) is 6.16. The van der Waals surface area contributed by atoms with E-state index in [9.17, 15) is 18.3 Å². The van der Waals surface area contributed by atoms with Crippen LogP contribution in [0.1, 0.15) is 24.0 Å². The van der Waals surface area contributed by atoms with Gasteiger partial charge in [0, 0.05) is 0 Å². The normalized spacial score (nSPS) is 12.7. The van der Waals surface area contributed by atoms with E-state index >= 15 is 0 Å². The van der Waals surface area contributed by atoms with Crippen molar-refractivity contribution in [1.82, 2.24) is 0 Å². The number of hydrogen-bond donors (Lipinski definition) is 1. The highest BCUT2D eigenvalue weighted by atomic mass is 32.2. The second kappa shape index (κ2) is 8.64. The Morgan fingerprint density at radius 2 is 1.46 bits per heavy atom. The maximum atomic E-state index is 12.3. The number of aryl methyl sites for hydroxylation is 1. The molecule has 128 valence electrons. The van der Waals surface area contributed by atoms with E-state index in [0.717, 1.165) is 12.0 Å². The molecule has 1 unspecified atom stereocenters. The largest absolute Gasteiger partial charge is 0.481 e. The molecule has 0 saturated heterocycles. The Hall–Kier alpha value is -2.14. The first-order valence-electron chi connectivity index (χ1n) is 7.97. The van der Waals surface area contributed by atoms with Crippen LogP contribution in [0.2, 0.25) is 0 Å². The van der Waals surface area contributed by atoms with Crippen molar-refractivity contribution in [3.63, 3.8) is 0 Å². The third-order valence-corrected chi connectivity index (χ3v) is 5.58. The summed E-state index contributed by atoms with van der Waals surface area (Å²) in [7, 11) is -3.45. The third-order valence-electron chi connectivity index (χ3n) is 3.89. The number of benzene rings is 2. The van der Waals surface area contributed by atoms with Crippen LogP contribution in [-0.2, 0) is 26.8 Å². The lowest BCUT2D eigenvalue weighted by atomic mass is 10.0. The molecule has 2 aromatic carbocycles. The molecule has 0 aliphatic rings. The summed E-state index contributed by atoms with van der Waals surface area (Å²) in [5.41, 5.74) is 1.82. The van der Waals surface area contributed by atoms with E-state index in [2.05, 4.69) is 0 Å². The van der Waals surface area contributed by atoms with Crippen LogP contribution in [-0.4, -0.2) is 25.2 Å². The lowest BCUT2D eigenvalue weighted by Gasteiger charge is -2.13. The molecule has 0 amide bonds. The first-order valence-corrected chi connectivity index (χ1v) is 9.79. The number of aliphatic carboxylic acids is 1. The SMILES string of the molecule is O=C(O)C(CCCc1ccccc1)CS(=O)(=O)Cc1ccccc1. The monoisotopic (exact) mass is 346 g/mol. The van der Waals surface area contributed by atoms with Gasteiger partial charge in [0.05, 0.1) is 17.4 Å². The average molecular weight is 346 g/mol. The van der Waals surface area contributed by atoms with Crippen LogP contribution in [0.25, 0.3) is 0 Å². The highest BCUT2D eigenvalue weighted by Gasteiger charge is 2.25. The Bertz CT molecular complexity index is 739. The van der Waals surface area contributed by atoms with Crippen molar-refractivity contribution >= 4 is 15.8 Å². The van der Waals surface area contributed by atoms with Gasteiger partial charge in [-0.1, -0.05) is 60.7 Å². The molecule has 0 fully saturated rings. The smallest absolute Gasteiger partial charge is 0.307 e. The van der Waals surface area contributed by atoms with E-state index in [4.69, 9.17) is 0 Å². The van der Waals surface area contributed by atoms with E-state index in [0.29, 0.717) is 18.4 Å². The summed E-state index contributed by atoms with van der Waals surface area (Å²) in [5, 5.41) is 9.34. The second-order valence-electron chi connectivity index (χ2n) is 5.95. The Balaban J connectivity index is 1.91. The minimum Gasteiger partial charge on any atom is -0.481 e. The summed E-state index contributed by atoms with van der Waals surface area (Å²) in [5.74, 6) is -2.33. The maximum absolute atomic E-state index is 12.3. The number of carboxylic acid groups (broad SMARTS) is 1. The molecule has 1 atom stereocenters. The minimum atomic E-state index is -3.45. The molecule has 0 saturated carbocycles. The Morgan fingerprint density at radius 1 is 0.917 bits per heavy atom. The van der Waals surface area contributed by atoms with Gasteiger partial charge in [0.1, 0.15) is 0 Å². The summed E-state index contributed by atoms with van der Waals surface area (Å²) < 4.78 is 24.6. The van der Waals surface area contributed by atoms with Gasteiger partial charge in [-0.3, -0.25) is 4.79 Å². The van der Waals surface area contributed by atoms with E-state index in [-0.39, 0.29) is 11.5 Å². The molecule has 0 aromatic heterocycles. The number of hydrogen-bond acceptors (Lipinski definition) is 3. The zero-order valence-electron chi connectivity index (χ0n) is 13.5. The quantitative estimate of drug-likeness (QED) is 0.756. The molecule has 1 N–H and O–H groups in total. The van der Waals surface area contributed by atoms with Crippen molar-refractivity contribution in [3.8, 4) is 0 Å². The van der Waals surface area contributed by atoms with Crippen LogP contribution < -0.4 is 0 Å². The van der Waals surface area contributed by atoms with Gasteiger partial charge < -0.3 is 5.11 Å². The maximum Gasteiger partial charge on any atom is 0.307 e. The molecule has 2 rings (SSSR count). The lowest BCUT2D eigenvalue weighted by Crippen LogP contribution is -2.25. The van der Waals surface area contributed by atoms with Crippen molar-refractivity contribution in [2.75, 3.05) is 5.75 Å². The van der Waals surface area contributed by atoms with Crippen LogP contribution in [0.4, 0.5) is 0 Å². The minimum absolute atomic E-state index is 0.115. The van der Waals surface area contributed by atoms with Crippen molar-refractivity contribution in [3.05, 3.63) is 71.8 Å². The highest BCUT2D eigenvalue weighted by molar-refractivity contribution is 7.90. The van der Waals surface area contributed by atoms with Crippen LogP contribution >= 0.6 is 0 Å². The first kappa shape index (κ1) is 18.2. The van der Waals surface area contributed by atoms with Crippen molar-refractivity contribution in [2.24, 2.45) is 5.92 Å². The lowest BCUT2D eigenvalue weighted by molar-refractivity contribution is -0.141.